The Morgan fingerprint density at radius 1 is 1.10 bits per heavy atom. The Balaban J connectivity index is 1.59. The van der Waals surface area contributed by atoms with E-state index in [-0.39, 0.29) is 12.2 Å². The summed E-state index contributed by atoms with van der Waals surface area (Å²) in [5.41, 5.74) is 2.37. The van der Waals surface area contributed by atoms with Crippen molar-refractivity contribution in [1.82, 2.24) is 19.4 Å². The number of amides is 1. The van der Waals surface area contributed by atoms with Crippen LogP contribution in [0.5, 0.6) is 0 Å². The fourth-order valence-corrected chi connectivity index (χ4v) is 3.14. The average molecular weight is 456 g/mol. The molecule has 0 fully saturated rings. The maximum Gasteiger partial charge on any atom is 0.367 e. The molecule has 4 aromatic rings. The third-order valence-electron chi connectivity index (χ3n) is 4.29. The number of carbonyl (C=O) groups excluding carboxylic acids is 1. The average Bonchev–Trinajstić information content (AvgIpc) is 3.00. The van der Waals surface area contributed by atoms with Crippen molar-refractivity contribution in [3.05, 3.63) is 80.9 Å². The molecule has 0 aliphatic carbocycles. The Hall–Kier alpha value is -3.33. The predicted octanol–water partition coefficient (Wildman–Crippen LogP) is 3.41. The molecular weight excluding hydrogens is 441 g/mol. The van der Waals surface area contributed by atoms with Gasteiger partial charge in [-0.2, -0.15) is 9.61 Å². The Morgan fingerprint density at radius 2 is 1.86 bits per heavy atom. The number of nitrogens with zero attached hydrogens (tertiary/aromatic N) is 4. The Morgan fingerprint density at radius 3 is 2.59 bits per heavy atom. The normalized spacial score (nSPS) is 11.0. The quantitative estimate of drug-likeness (QED) is 0.511. The van der Waals surface area contributed by atoms with Gasteiger partial charge >= 0.3 is 5.69 Å². The van der Waals surface area contributed by atoms with Gasteiger partial charge in [0.15, 0.2) is 5.65 Å². The summed E-state index contributed by atoms with van der Waals surface area (Å²) in [6, 6.07) is 15.4. The van der Waals surface area contributed by atoms with E-state index in [1.807, 2.05) is 31.2 Å². The van der Waals surface area contributed by atoms with E-state index in [4.69, 9.17) is 0 Å². The first-order valence-electron chi connectivity index (χ1n) is 8.69. The number of aryl methyl sites for hydroxylation is 1. The summed E-state index contributed by atoms with van der Waals surface area (Å²) in [4.78, 5) is 24.9. The first-order valence-corrected chi connectivity index (χ1v) is 9.49. The topological polar surface area (TPSA) is 81.3 Å². The number of hydrogen-bond acceptors (Lipinski definition) is 4. The van der Waals surface area contributed by atoms with Crippen molar-refractivity contribution in [3.8, 4) is 11.3 Å². The monoisotopic (exact) mass is 455 g/mol. The number of benzene rings is 2. The van der Waals surface area contributed by atoms with Gasteiger partial charge in [-0.1, -0.05) is 45.8 Å². The van der Waals surface area contributed by atoms with Crippen LogP contribution in [0, 0.1) is 12.7 Å². The van der Waals surface area contributed by atoms with Crippen LogP contribution in [0.3, 0.4) is 0 Å². The SMILES string of the molecule is Cc1ccc(-c2ccc3nn(CC(=O)Nc4ccc(Br)cc4F)c(=O)n3n2)cc1. The van der Waals surface area contributed by atoms with Gasteiger partial charge in [0.25, 0.3) is 0 Å². The maximum absolute atomic E-state index is 13.9. The third kappa shape index (κ3) is 3.95. The number of fused-ring (bicyclic) bond motifs is 1. The van der Waals surface area contributed by atoms with Crippen LogP contribution in [0.15, 0.2) is 63.9 Å². The molecule has 7 nitrogen and oxygen atoms in total. The number of aromatic nitrogens is 4. The molecule has 146 valence electrons. The fourth-order valence-electron chi connectivity index (χ4n) is 2.81. The van der Waals surface area contributed by atoms with E-state index in [9.17, 15) is 14.0 Å². The minimum absolute atomic E-state index is 0.0230. The molecule has 2 heterocycles. The summed E-state index contributed by atoms with van der Waals surface area (Å²) in [6.45, 7) is 1.62. The zero-order chi connectivity index (χ0) is 20.5. The van der Waals surface area contributed by atoms with E-state index in [2.05, 4.69) is 31.4 Å². The van der Waals surface area contributed by atoms with Gasteiger partial charge in [0, 0.05) is 10.0 Å². The van der Waals surface area contributed by atoms with Crippen molar-refractivity contribution < 1.29 is 9.18 Å². The van der Waals surface area contributed by atoms with Gasteiger partial charge in [0.1, 0.15) is 12.4 Å². The second-order valence-electron chi connectivity index (χ2n) is 6.47. The highest BCUT2D eigenvalue weighted by atomic mass is 79.9. The second-order valence-corrected chi connectivity index (χ2v) is 7.38. The lowest BCUT2D eigenvalue weighted by atomic mass is 10.1. The predicted molar refractivity (Wildman–Crippen MR) is 110 cm³/mol. The van der Waals surface area contributed by atoms with Crippen LogP contribution in [-0.4, -0.2) is 25.3 Å². The minimum atomic E-state index is -0.584. The minimum Gasteiger partial charge on any atom is -0.322 e. The molecule has 9 heteroatoms. The van der Waals surface area contributed by atoms with Gasteiger partial charge in [-0.15, -0.1) is 5.10 Å². The van der Waals surface area contributed by atoms with Crippen LogP contribution in [0.4, 0.5) is 10.1 Å². The summed E-state index contributed by atoms with van der Waals surface area (Å²) in [7, 11) is 0. The van der Waals surface area contributed by atoms with Crippen LogP contribution in [-0.2, 0) is 11.3 Å². The van der Waals surface area contributed by atoms with Gasteiger partial charge in [0.2, 0.25) is 5.91 Å². The molecule has 29 heavy (non-hydrogen) atoms. The number of hydrogen-bond donors (Lipinski definition) is 1. The van der Waals surface area contributed by atoms with E-state index < -0.39 is 17.4 Å². The largest absolute Gasteiger partial charge is 0.367 e. The highest BCUT2D eigenvalue weighted by Crippen LogP contribution is 2.19. The lowest BCUT2D eigenvalue weighted by Crippen LogP contribution is -2.29. The Bertz CT molecular complexity index is 1280. The molecule has 0 saturated carbocycles. The van der Waals surface area contributed by atoms with Gasteiger partial charge in [-0.05, 0) is 37.3 Å². The van der Waals surface area contributed by atoms with E-state index in [0.29, 0.717) is 15.8 Å². The molecule has 1 amide bonds. The van der Waals surface area contributed by atoms with E-state index in [1.165, 1.54) is 12.1 Å². The van der Waals surface area contributed by atoms with Gasteiger partial charge in [-0.25, -0.2) is 13.9 Å². The molecule has 2 aromatic heterocycles. The molecular formula is C20H15BrFN5O2. The molecule has 2 aromatic carbocycles. The van der Waals surface area contributed by atoms with Crippen LogP contribution in [0.2, 0.25) is 0 Å². The number of rotatable bonds is 4. The van der Waals surface area contributed by atoms with Crippen molar-refractivity contribution >= 4 is 33.2 Å². The molecule has 0 unspecified atom stereocenters. The molecule has 1 N–H and O–H groups in total. The van der Waals surface area contributed by atoms with Crippen LogP contribution >= 0.6 is 15.9 Å². The van der Waals surface area contributed by atoms with Crippen molar-refractivity contribution in [1.29, 1.82) is 0 Å². The van der Waals surface area contributed by atoms with E-state index in [0.717, 1.165) is 20.3 Å². The summed E-state index contributed by atoms with van der Waals surface area (Å²) in [5, 5.41) is 10.9. The van der Waals surface area contributed by atoms with Crippen LogP contribution in [0.25, 0.3) is 16.9 Å². The van der Waals surface area contributed by atoms with E-state index in [1.54, 1.807) is 18.2 Å². The van der Waals surface area contributed by atoms with Gasteiger partial charge < -0.3 is 5.32 Å². The van der Waals surface area contributed by atoms with Crippen molar-refractivity contribution in [2.75, 3.05) is 5.32 Å². The smallest absolute Gasteiger partial charge is 0.322 e. The summed E-state index contributed by atoms with van der Waals surface area (Å²) in [6.07, 6.45) is 0. The third-order valence-corrected chi connectivity index (χ3v) is 4.78. The first-order chi connectivity index (χ1) is 13.9. The lowest BCUT2D eigenvalue weighted by Gasteiger charge is -2.06. The standard InChI is InChI=1S/C20H15BrFN5O2/c1-12-2-4-13(5-3-12)16-8-9-18-25-26(20(29)27(18)24-16)11-19(28)23-17-7-6-14(21)10-15(17)22/h2-10H,11H2,1H3,(H,23,28). The zero-order valence-corrected chi connectivity index (χ0v) is 16.9. The molecule has 0 spiro atoms. The maximum atomic E-state index is 13.9. The molecule has 0 saturated heterocycles. The first kappa shape index (κ1) is 19.0. The molecule has 0 bridgehead atoms. The highest BCUT2D eigenvalue weighted by molar-refractivity contribution is 9.10. The van der Waals surface area contributed by atoms with E-state index >= 15 is 0 Å². The number of halogens is 2. The van der Waals surface area contributed by atoms with Gasteiger partial charge in [0.05, 0.1) is 11.4 Å². The zero-order valence-electron chi connectivity index (χ0n) is 15.3. The Labute approximate surface area is 172 Å². The summed E-state index contributed by atoms with van der Waals surface area (Å²) in [5.74, 6) is -1.16. The fraction of sp³-hybridized carbons (Fsp3) is 0.100. The van der Waals surface area contributed by atoms with Gasteiger partial charge in [-0.3, -0.25) is 4.79 Å². The van der Waals surface area contributed by atoms with Crippen molar-refractivity contribution in [2.45, 2.75) is 13.5 Å². The highest BCUT2D eigenvalue weighted by Gasteiger charge is 2.14. The molecule has 0 aliphatic rings. The second kappa shape index (κ2) is 7.59. The van der Waals surface area contributed by atoms with Crippen molar-refractivity contribution in [2.24, 2.45) is 0 Å². The molecule has 0 radical (unpaired) electrons. The molecule has 4 rings (SSSR count). The number of nitrogens with one attached hydrogen (secondary N) is 1. The van der Waals surface area contributed by atoms with Crippen LogP contribution in [0.1, 0.15) is 5.56 Å². The summed E-state index contributed by atoms with van der Waals surface area (Å²) >= 11 is 3.15. The number of carbonyl (C=O) groups is 1. The summed E-state index contributed by atoms with van der Waals surface area (Å²) < 4.78 is 16.6. The number of anilines is 1. The van der Waals surface area contributed by atoms with Crippen molar-refractivity contribution in [3.63, 3.8) is 0 Å². The Kier molecular flexibility index (Phi) is 4.98. The molecule has 0 atom stereocenters. The lowest BCUT2D eigenvalue weighted by molar-refractivity contribution is -0.117. The molecule has 0 aliphatic heterocycles. The van der Waals surface area contributed by atoms with Crippen LogP contribution < -0.4 is 11.0 Å².